The van der Waals surface area contributed by atoms with E-state index < -0.39 is 0 Å². The lowest BCUT2D eigenvalue weighted by molar-refractivity contribution is -0.139. The molecule has 0 aliphatic carbocycles. The summed E-state index contributed by atoms with van der Waals surface area (Å²) in [5, 5.41) is 2.58. The van der Waals surface area contributed by atoms with Gasteiger partial charge in [-0.1, -0.05) is 29.5 Å². The Balaban J connectivity index is 3.57. The molecule has 0 radical (unpaired) electrons. The molecule has 0 aromatic rings. The average Bonchev–Trinajstić information content (AvgIpc) is 2.25. The smallest absolute Gasteiger partial charge is 0.320 e. The van der Waals surface area contributed by atoms with Gasteiger partial charge in [0.15, 0.2) is 0 Å². The molecule has 1 atom stereocenters. The molecule has 0 saturated carbocycles. The molecule has 0 fully saturated rings. The Kier molecular flexibility index (Phi) is 8.68. The number of ether oxygens (including phenoxy) is 2. The van der Waals surface area contributed by atoms with Crippen LogP contribution in [0.2, 0.25) is 0 Å². The summed E-state index contributed by atoms with van der Waals surface area (Å²) in [6, 6.07) is 0. The number of hydrogen-bond acceptors (Lipinski definition) is 4. The van der Waals surface area contributed by atoms with Crippen LogP contribution in [0, 0.1) is 0 Å². The summed E-state index contributed by atoms with van der Waals surface area (Å²) in [7, 11) is 1.32. The zero-order chi connectivity index (χ0) is 11.7. The van der Waals surface area contributed by atoms with E-state index in [0.717, 1.165) is 6.42 Å². The second kappa shape index (κ2) is 8.90. The standard InChI is InChI=1S/C9H16INO4/c1-3-4-15-6-8(12)11-5-7(10)9(13)14-2/h7H,3-6H2,1-2H3,(H,11,12). The van der Waals surface area contributed by atoms with E-state index in [4.69, 9.17) is 4.74 Å². The predicted octanol–water partition coefficient (Wildman–Crippen LogP) is 0.506. The van der Waals surface area contributed by atoms with Crippen molar-refractivity contribution in [2.24, 2.45) is 0 Å². The van der Waals surface area contributed by atoms with E-state index in [1.54, 1.807) is 0 Å². The van der Waals surface area contributed by atoms with Crippen molar-refractivity contribution in [3.05, 3.63) is 0 Å². The molecular formula is C9H16INO4. The fourth-order valence-corrected chi connectivity index (χ4v) is 1.25. The zero-order valence-corrected chi connectivity index (χ0v) is 11.1. The molecule has 0 heterocycles. The number of esters is 1. The van der Waals surface area contributed by atoms with Gasteiger partial charge in [-0.3, -0.25) is 9.59 Å². The van der Waals surface area contributed by atoms with Gasteiger partial charge in [0.1, 0.15) is 10.5 Å². The second-order valence-corrected chi connectivity index (χ2v) is 4.35. The monoisotopic (exact) mass is 329 g/mol. The van der Waals surface area contributed by atoms with Crippen LogP contribution in [0.3, 0.4) is 0 Å². The third-order valence-corrected chi connectivity index (χ3v) is 2.47. The molecule has 0 aliphatic heterocycles. The average molecular weight is 329 g/mol. The topological polar surface area (TPSA) is 64.6 Å². The highest BCUT2D eigenvalue weighted by atomic mass is 127. The molecule has 1 amide bonds. The van der Waals surface area contributed by atoms with Gasteiger partial charge in [0.25, 0.3) is 0 Å². The van der Waals surface area contributed by atoms with Gasteiger partial charge in [-0.05, 0) is 6.42 Å². The minimum atomic E-state index is -0.359. The Bertz CT molecular complexity index is 210. The molecule has 15 heavy (non-hydrogen) atoms. The summed E-state index contributed by atoms with van der Waals surface area (Å²) in [6.07, 6.45) is 0.879. The first kappa shape index (κ1) is 14.6. The molecule has 1 N–H and O–H groups in total. The van der Waals surface area contributed by atoms with Crippen LogP contribution in [0.4, 0.5) is 0 Å². The number of alkyl halides is 1. The Morgan fingerprint density at radius 1 is 1.47 bits per heavy atom. The van der Waals surface area contributed by atoms with Crippen molar-refractivity contribution < 1.29 is 19.1 Å². The first-order valence-electron chi connectivity index (χ1n) is 4.68. The molecule has 0 saturated heterocycles. The number of hydrogen-bond donors (Lipinski definition) is 1. The van der Waals surface area contributed by atoms with E-state index in [-0.39, 0.29) is 29.0 Å². The maximum absolute atomic E-state index is 11.1. The van der Waals surface area contributed by atoms with Crippen LogP contribution in [-0.4, -0.2) is 42.7 Å². The molecule has 0 aromatic carbocycles. The highest BCUT2D eigenvalue weighted by molar-refractivity contribution is 14.1. The largest absolute Gasteiger partial charge is 0.468 e. The Labute approximate surface area is 103 Å². The molecule has 0 rings (SSSR count). The van der Waals surface area contributed by atoms with Crippen molar-refractivity contribution in [1.82, 2.24) is 5.32 Å². The molecule has 0 aromatic heterocycles. The number of rotatable bonds is 7. The summed E-state index contributed by atoms with van der Waals surface area (Å²) >= 11 is 1.92. The van der Waals surface area contributed by atoms with Crippen LogP contribution in [0.15, 0.2) is 0 Å². The molecule has 0 bridgehead atoms. The molecule has 88 valence electrons. The fourth-order valence-electron chi connectivity index (χ4n) is 0.775. The summed E-state index contributed by atoms with van der Waals surface area (Å²) in [4.78, 5) is 22.1. The molecular weight excluding hydrogens is 313 g/mol. The predicted molar refractivity (Wildman–Crippen MR) is 63.9 cm³/mol. The van der Waals surface area contributed by atoms with Gasteiger partial charge in [-0.2, -0.15) is 0 Å². The van der Waals surface area contributed by atoms with Crippen molar-refractivity contribution in [3.8, 4) is 0 Å². The number of carbonyl (C=O) groups is 2. The van der Waals surface area contributed by atoms with E-state index in [1.807, 2.05) is 29.5 Å². The van der Waals surface area contributed by atoms with E-state index in [2.05, 4.69) is 10.1 Å². The van der Waals surface area contributed by atoms with Crippen LogP contribution in [0.25, 0.3) is 0 Å². The number of amides is 1. The third kappa shape index (κ3) is 7.55. The summed E-state index contributed by atoms with van der Waals surface area (Å²) in [5.41, 5.74) is 0. The molecule has 0 aliphatic rings. The quantitative estimate of drug-likeness (QED) is 0.320. The Hall–Kier alpha value is -0.370. The summed E-state index contributed by atoms with van der Waals surface area (Å²) < 4.78 is 9.19. The normalized spacial score (nSPS) is 11.9. The van der Waals surface area contributed by atoms with Crippen LogP contribution in [-0.2, 0) is 19.1 Å². The van der Waals surface area contributed by atoms with Crippen molar-refractivity contribution in [2.45, 2.75) is 17.3 Å². The Morgan fingerprint density at radius 2 is 2.13 bits per heavy atom. The number of carbonyl (C=O) groups excluding carboxylic acids is 2. The highest BCUT2D eigenvalue weighted by Crippen LogP contribution is 2.00. The van der Waals surface area contributed by atoms with E-state index >= 15 is 0 Å². The lowest BCUT2D eigenvalue weighted by Gasteiger charge is -2.09. The van der Waals surface area contributed by atoms with Crippen LogP contribution >= 0.6 is 22.6 Å². The van der Waals surface area contributed by atoms with Gasteiger partial charge in [0, 0.05) is 13.2 Å². The zero-order valence-electron chi connectivity index (χ0n) is 8.92. The Morgan fingerprint density at radius 3 is 2.67 bits per heavy atom. The molecule has 6 heteroatoms. The van der Waals surface area contributed by atoms with Gasteiger partial charge in [0.05, 0.1) is 7.11 Å². The first-order chi connectivity index (χ1) is 7.11. The lowest BCUT2D eigenvalue weighted by Crippen LogP contribution is -2.35. The van der Waals surface area contributed by atoms with Gasteiger partial charge in [-0.25, -0.2) is 0 Å². The van der Waals surface area contributed by atoms with Crippen LogP contribution in [0.1, 0.15) is 13.3 Å². The van der Waals surface area contributed by atoms with Crippen molar-refractivity contribution in [2.75, 3.05) is 26.9 Å². The number of methoxy groups -OCH3 is 1. The molecule has 1 unspecified atom stereocenters. The van der Waals surface area contributed by atoms with Crippen molar-refractivity contribution in [3.63, 3.8) is 0 Å². The number of halogens is 1. The van der Waals surface area contributed by atoms with Gasteiger partial charge in [-0.15, -0.1) is 0 Å². The molecule has 5 nitrogen and oxygen atoms in total. The van der Waals surface area contributed by atoms with E-state index in [9.17, 15) is 9.59 Å². The van der Waals surface area contributed by atoms with Crippen molar-refractivity contribution in [1.29, 1.82) is 0 Å². The number of nitrogens with one attached hydrogen (secondary N) is 1. The highest BCUT2D eigenvalue weighted by Gasteiger charge is 2.15. The second-order valence-electron chi connectivity index (χ2n) is 2.85. The van der Waals surface area contributed by atoms with Gasteiger partial charge < -0.3 is 14.8 Å². The lowest BCUT2D eigenvalue weighted by atomic mass is 10.4. The molecule has 0 spiro atoms. The van der Waals surface area contributed by atoms with Crippen molar-refractivity contribution >= 4 is 34.5 Å². The minimum Gasteiger partial charge on any atom is -0.468 e. The fraction of sp³-hybridized carbons (Fsp3) is 0.778. The third-order valence-electron chi connectivity index (χ3n) is 1.52. The van der Waals surface area contributed by atoms with E-state index in [1.165, 1.54) is 7.11 Å². The minimum absolute atomic E-state index is 0.0401. The SMILES string of the molecule is CCCOCC(=O)NCC(I)C(=O)OC. The van der Waals surface area contributed by atoms with Crippen LogP contribution in [0.5, 0.6) is 0 Å². The van der Waals surface area contributed by atoms with E-state index in [0.29, 0.717) is 6.61 Å². The maximum Gasteiger partial charge on any atom is 0.320 e. The summed E-state index contributed by atoms with van der Waals surface area (Å²) in [5.74, 6) is -0.556. The maximum atomic E-state index is 11.1. The first-order valence-corrected chi connectivity index (χ1v) is 5.92. The van der Waals surface area contributed by atoms with Gasteiger partial charge in [0.2, 0.25) is 5.91 Å². The van der Waals surface area contributed by atoms with Crippen LogP contribution < -0.4 is 5.32 Å². The summed E-state index contributed by atoms with van der Waals surface area (Å²) in [6.45, 7) is 2.84. The van der Waals surface area contributed by atoms with Gasteiger partial charge >= 0.3 is 5.97 Å².